The van der Waals surface area contributed by atoms with Crippen LogP contribution in [0.25, 0.3) is 28.2 Å². The highest BCUT2D eigenvalue weighted by Gasteiger charge is 2.45. The van der Waals surface area contributed by atoms with Crippen molar-refractivity contribution in [2.45, 2.75) is 50.6 Å². The smallest absolute Gasteiger partial charge is 0.292 e. The Labute approximate surface area is 228 Å². The van der Waals surface area contributed by atoms with Crippen LogP contribution in [-0.2, 0) is 7.05 Å². The maximum absolute atomic E-state index is 13.1. The van der Waals surface area contributed by atoms with Crippen LogP contribution in [0, 0.1) is 0 Å². The summed E-state index contributed by atoms with van der Waals surface area (Å²) in [4.78, 5) is 44.8. The summed E-state index contributed by atoms with van der Waals surface area (Å²) >= 11 is 0. The van der Waals surface area contributed by atoms with Crippen molar-refractivity contribution >= 4 is 23.2 Å². The first kappa shape index (κ1) is 24.1. The lowest BCUT2D eigenvalue weighted by atomic mass is 9.85. The number of aryl methyl sites for hydroxylation is 1. The molecule has 7 rings (SSSR count). The topological polar surface area (TPSA) is 166 Å². The Kier molecular flexibility index (Phi) is 5.47. The quantitative estimate of drug-likeness (QED) is 0.320. The summed E-state index contributed by atoms with van der Waals surface area (Å²) in [7, 11) is 1.91. The van der Waals surface area contributed by atoms with E-state index in [0.717, 1.165) is 35.4 Å². The first-order valence-electron chi connectivity index (χ1n) is 13.2. The lowest BCUT2D eigenvalue weighted by molar-refractivity contribution is 0.0556. The number of carbonyl (C=O) groups excluding carboxylic acids is 2. The average Bonchev–Trinajstić information content (AvgIpc) is 3.75. The van der Waals surface area contributed by atoms with Gasteiger partial charge in [-0.1, -0.05) is 6.07 Å². The van der Waals surface area contributed by atoms with Crippen molar-refractivity contribution in [3.63, 3.8) is 0 Å². The number of amides is 1. The van der Waals surface area contributed by atoms with Crippen molar-refractivity contribution in [3.05, 3.63) is 60.5 Å². The number of pyridine rings is 1. The number of nitrogens with two attached hydrogens (primary N) is 1. The molecule has 1 amide bonds. The molecule has 0 radical (unpaired) electrons. The molecule has 0 aliphatic carbocycles. The zero-order valence-corrected chi connectivity index (χ0v) is 22.0. The summed E-state index contributed by atoms with van der Waals surface area (Å²) in [5.41, 5.74) is 11.3. The monoisotopic (exact) mass is 537 g/mol. The SMILES string of the molecule is CC(=O)c1c([C@@H]2C[C@H]3CC[C@@H](C2)N3C(=O)c2nnc[nH]2)nc2c(-c3ccc(-c4cn(C)cn4)nc3)cnn2c1N. The number of nitrogens with one attached hydrogen (secondary N) is 1. The fraction of sp³-hybridized carbons (Fsp3) is 0.333. The van der Waals surface area contributed by atoms with E-state index in [2.05, 4.69) is 30.2 Å². The Bertz CT molecular complexity index is 1740. The van der Waals surface area contributed by atoms with Crippen molar-refractivity contribution < 1.29 is 9.59 Å². The van der Waals surface area contributed by atoms with Gasteiger partial charge in [0.25, 0.3) is 5.91 Å². The third-order valence-electron chi connectivity index (χ3n) is 8.08. The molecule has 2 aliphatic rings. The number of fused-ring (bicyclic) bond motifs is 3. The standard InChI is InChI=1S/C27H27N11O2/c1-14(39)22-23(16-7-17-4-5-18(8-16)37(17)27(40)25-30-12-32-35-25)34-26-19(10-33-38(26)24(22)28)15-3-6-20(29-9-15)21-11-36(2)13-31-21/h3,6,9-13,16-18H,4-5,7-8,28H2,1-2H3,(H,30,32,35)/t16-,17-,18+. The van der Waals surface area contributed by atoms with E-state index in [-0.39, 0.29) is 41.3 Å². The highest BCUT2D eigenvalue weighted by atomic mass is 16.2. The van der Waals surface area contributed by atoms with Crippen LogP contribution >= 0.6 is 0 Å². The predicted molar refractivity (Wildman–Crippen MR) is 144 cm³/mol. The van der Waals surface area contributed by atoms with E-state index < -0.39 is 0 Å². The number of rotatable bonds is 5. The van der Waals surface area contributed by atoms with Crippen LogP contribution in [0.2, 0.25) is 0 Å². The van der Waals surface area contributed by atoms with Gasteiger partial charge in [0.15, 0.2) is 11.4 Å². The molecule has 0 saturated carbocycles. The van der Waals surface area contributed by atoms with Crippen LogP contribution in [0.4, 0.5) is 5.82 Å². The van der Waals surface area contributed by atoms with Gasteiger partial charge < -0.3 is 20.2 Å². The molecule has 202 valence electrons. The number of Topliss-reactive ketones (excluding diaryl/α,β-unsaturated/α-hetero) is 1. The third kappa shape index (κ3) is 3.76. The summed E-state index contributed by atoms with van der Waals surface area (Å²) in [6.45, 7) is 1.50. The number of anilines is 1. The van der Waals surface area contributed by atoms with Crippen LogP contribution in [0.3, 0.4) is 0 Å². The first-order valence-corrected chi connectivity index (χ1v) is 13.2. The fourth-order valence-electron chi connectivity index (χ4n) is 6.31. The van der Waals surface area contributed by atoms with Gasteiger partial charge in [0, 0.05) is 48.6 Å². The summed E-state index contributed by atoms with van der Waals surface area (Å²) in [5.74, 6) is 0.181. The Hall–Kier alpha value is -4.94. The second kappa shape index (κ2) is 9.07. The normalized spacial score (nSPS) is 20.4. The lowest BCUT2D eigenvalue weighted by Crippen LogP contribution is -2.46. The molecular formula is C27H27N11O2. The number of carbonyl (C=O) groups is 2. The molecule has 3 N–H and O–H groups in total. The van der Waals surface area contributed by atoms with Crippen molar-refractivity contribution in [2.24, 2.45) is 7.05 Å². The number of hydrogen-bond donors (Lipinski definition) is 2. The van der Waals surface area contributed by atoms with Gasteiger partial charge in [0.2, 0.25) is 5.82 Å². The van der Waals surface area contributed by atoms with Crippen molar-refractivity contribution in [2.75, 3.05) is 5.73 Å². The van der Waals surface area contributed by atoms with Crippen LogP contribution in [0.15, 0.2) is 43.4 Å². The Morgan fingerprint density at radius 3 is 2.50 bits per heavy atom. The van der Waals surface area contributed by atoms with E-state index in [0.29, 0.717) is 29.7 Å². The third-order valence-corrected chi connectivity index (χ3v) is 8.08. The number of hydrogen-bond acceptors (Lipinski definition) is 9. The maximum atomic E-state index is 13.1. The molecule has 5 aromatic heterocycles. The predicted octanol–water partition coefficient (Wildman–Crippen LogP) is 2.65. The average molecular weight is 538 g/mol. The minimum absolute atomic E-state index is 0.0214. The van der Waals surface area contributed by atoms with E-state index in [1.165, 1.54) is 17.8 Å². The number of nitrogens with zero attached hydrogens (tertiary/aromatic N) is 9. The van der Waals surface area contributed by atoms with Crippen LogP contribution in [0.1, 0.15) is 65.2 Å². The molecule has 7 heterocycles. The molecule has 40 heavy (non-hydrogen) atoms. The Morgan fingerprint density at radius 2 is 1.88 bits per heavy atom. The number of nitrogen functional groups attached to an aromatic ring is 1. The van der Waals surface area contributed by atoms with Gasteiger partial charge in [-0.25, -0.2) is 9.97 Å². The summed E-state index contributed by atoms with van der Waals surface area (Å²) < 4.78 is 3.40. The van der Waals surface area contributed by atoms with Crippen molar-refractivity contribution in [1.82, 2.24) is 49.2 Å². The number of ketones is 1. The van der Waals surface area contributed by atoms with Gasteiger partial charge in [-0.15, -0.1) is 10.2 Å². The zero-order valence-electron chi connectivity index (χ0n) is 22.0. The van der Waals surface area contributed by atoms with E-state index in [9.17, 15) is 9.59 Å². The number of piperidine rings is 1. The van der Waals surface area contributed by atoms with Gasteiger partial charge in [-0.2, -0.15) is 9.61 Å². The molecule has 13 nitrogen and oxygen atoms in total. The van der Waals surface area contributed by atoms with Gasteiger partial charge in [0.1, 0.15) is 17.8 Å². The van der Waals surface area contributed by atoms with Gasteiger partial charge in [-0.3, -0.25) is 14.6 Å². The Morgan fingerprint density at radius 1 is 1.07 bits per heavy atom. The second-order valence-corrected chi connectivity index (χ2v) is 10.6. The van der Waals surface area contributed by atoms with Crippen LogP contribution in [0.5, 0.6) is 0 Å². The highest BCUT2D eigenvalue weighted by Crippen LogP contribution is 2.45. The molecule has 0 aromatic carbocycles. The molecule has 2 aliphatic heterocycles. The van der Waals surface area contributed by atoms with E-state index in [4.69, 9.17) is 10.7 Å². The van der Waals surface area contributed by atoms with Crippen LogP contribution in [-0.4, -0.2) is 73.0 Å². The number of aromatic nitrogens is 9. The first-order chi connectivity index (χ1) is 19.4. The van der Waals surface area contributed by atoms with Gasteiger partial charge in [-0.05, 0) is 38.7 Å². The highest BCUT2D eigenvalue weighted by molar-refractivity contribution is 6.00. The molecule has 13 heteroatoms. The molecule has 0 spiro atoms. The van der Waals surface area contributed by atoms with Gasteiger partial charge >= 0.3 is 0 Å². The zero-order chi connectivity index (χ0) is 27.5. The van der Waals surface area contributed by atoms with E-state index >= 15 is 0 Å². The molecule has 2 bridgehead atoms. The molecule has 2 saturated heterocycles. The minimum Gasteiger partial charge on any atom is -0.383 e. The summed E-state index contributed by atoms with van der Waals surface area (Å²) in [6.07, 6.45) is 11.7. The second-order valence-electron chi connectivity index (χ2n) is 10.6. The van der Waals surface area contributed by atoms with E-state index in [1.54, 1.807) is 18.7 Å². The molecule has 0 unspecified atom stereocenters. The lowest BCUT2D eigenvalue weighted by Gasteiger charge is -2.38. The molecule has 2 fully saturated rings. The summed E-state index contributed by atoms with van der Waals surface area (Å²) in [6, 6.07) is 3.91. The van der Waals surface area contributed by atoms with Crippen LogP contribution < -0.4 is 5.73 Å². The number of H-pyrrole nitrogens is 1. The van der Waals surface area contributed by atoms with Crippen molar-refractivity contribution in [1.29, 1.82) is 0 Å². The van der Waals surface area contributed by atoms with E-state index in [1.807, 2.05) is 34.8 Å². The Balaban J connectivity index is 1.26. The number of aromatic amines is 1. The maximum Gasteiger partial charge on any atom is 0.292 e. The minimum atomic E-state index is -0.159. The molecule has 5 aromatic rings. The molecule has 3 atom stereocenters. The summed E-state index contributed by atoms with van der Waals surface area (Å²) in [5, 5.41) is 12.2. The molecular weight excluding hydrogens is 510 g/mol. The van der Waals surface area contributed by atoms with Crippen molar-refractivity contribution in [3.8, 4) is 22.5 Å². The largest absolute Gasteiger partial charge is 0.383 e. The fourth-order valence-corrected chi connectivity index (χ4v) is 6.31. The van der Waals surface area contributed by atoms with Gasteiger partial charge in [0.05, 0.1) is 29.5 Å². The number of imidazole rings is 1.